The summed E-state index contributed by atoms with van der Waals surface area (Å²) in [7, 11) is -3.60. The molecule has 0 heterocycles. The highest BCUT2D eigenvalue weighted by Gasteiger charge is 2.03. The zero-order chi connectivity index (χ0) is 17.6. The molecule has 0 aromatic rings. The lowest BCUT2D eigenvalue weighted by atomic mass is 10.2. The Kier molecular flexibility index (Phi) is 13.5. The minimum absolute atomic E-state index is 0.0240. The van der Waals surface area contributed by atoms with E-state index in [1.165, 1.54) is 0 Å². The highest BCUT2D eigenvalue weighted by molar-refractivity contribution is 7.98. The first-order valence-electron chi connectivity index (χ1n) is 7.80. The second-order valence-electron chi connectivity index (χ2n) is 5.21. The van der Waals surface area contributed by atoms with Crippen molar-refractivity contribution >= 4 is 31.2 Å². The van der Waals surface area contributed by atoms with Gasteiger partial charge < -0.3 is 24.6 Å². The molecule has 0 bridgehead atoms. The molecule has 136 valence electrons. The van der Waals surface area contributed by atoms with Crippen molar-refractivity contribution in [2.45, 2.75) is 38.5 Å². The van der Waals surface area contributed by atoms with E-state index in [1.807, 2.05) is 6.26 Å². The lowest BCUT2D eigenvalue weighted by Gasteiger charge is -2.17. The van der Waals surface area contributed by atoms with Gasteiger partial charge in [-0.1, -0.05) is 12.8 Å². The molecule has 1 atom stereocenters. The second-order valence-corrected chi connectivity index (χ2v) is 8.00. The van der Waals surface area contributed by atoms with Crippen LogP contribution in [0.1, 0.15) is 38.5 Å². The van der Waals surface area contributed by atoms with Crippen LogP contribution in [-0.2, 0) is 18.7 Å². The fraction of sp³-hybridized carbons (Fsp3) is 0.857. The molecule has 0 aromatic heterocycles. The molecule has 0 rings (SSSR count). The van der Waals surface area contributed by atoms with Crippen LogP contribution in [-0.4, -0.2) is 50.2 Å². The minimum atomic E-state index is -3.60. The molecule has 2 N–H and O–H groups in total. The Morgan fingerprint density at radius 2 is 1.65 bits per heavy atom. The predicted molar refractivity (Wildman–Crippen MR) is 91.6 cm³/mol. The molecule has 0 aliphatic rings. The molecular formula is C14H28N2O5PS-. The number of carbonyl (C=O) groups excluding carboxylic acids is 2. The summed E-state index contributed by atoms with van der Waals surface area (Å²) >= 11 is 1.61. The van der Waals surface area contributed by atoms with Crippen LogP contribution in [0.4, 0.5) is 0 Å². The van der Waals surface area contributed by atoms with Crippen LogP contribution in [0.15, 0.2) is 0 Å². The third-order valence-electron chi connectivity index (χ3n) is 2.93. The van der Waals surface area contributed by atoms with Crippen molar-refractivity contribution in [3.63, 3.8) is 0 Å². The molecule has 0 saturated heterocycles. The molecule has 0 aliphatic heterocycles. The van der Waals surface area contributed by atoms with Crippen LogP contribution in [0.5, 0.6) is 0 Å². The van der Waals surface area contributed by atoms with E-state index in [-0.39, 0.29) is 24.8 Å². The number of hydrogen-bond acceptors (Lipinski definition) is 6. The van der Waals surface area contributed by atoms with E-state index in [9.17, 15) is 19.0 Å². The third kappa shape index (κ3) is 17.6. The van der Waals surface area contributed by atoms with E-state index in [2.05, 4.69) is 15.2 Å². The summed E-state index contributed by atoms with van der Waals surface area (Å²) in [5.74, 6) is 0.689. The number of unbranched alkanes of at least 4 members (excludes halogenated alkanes) is 3. The Labute approximate surface area is 142 Å². The van der Waals surface area contributed by atoms with Crippen molar-refractivity contribution in [1.29, 1.82) is 0 Å². The zero-order valence-corrected chi connectivity index (χ0v) is 15.7. The average molecular weight is 367 g/mol. The fourth-order valence-electron chi connectivity index (χ4n) is 1.73. The van der Waals surface area contributed by atoms with Gasteiger partial charge in [0, 0.05) is 38.3 Å². The normalized spacial score (nSPS) is 13.3. The first-order valence-corrected chi connectivity index (χ1v) is 11.2. The molecule has 7 nitrogen and oxygen atoms in total. The van der Waals surface area contributed by atoms with Crippen molar-refractivity contribution < 1.29 is 23.6 Å². The Balaban J connectivity index is 3.37. The van der Waals surface area contributed by atoms with Crippen molar-refractivity contribution in [1.82, 2.24) is 10.6 Å². The molecule has 1 unspecified atom stereocenters. The monoisotopic (exact) mass is 367 g/mol. The van der Waals surface area contributed by atoms with Gasteiger partial charge in [-0.15, -0.1) is 0 Å². The Morgan fingerprint density at radius 3 is 2.30 bits per heavy atom. The van der Waals surface area contributed by atoms with Gasteiger partial charge in [-0.3, -0.25) is 9.59 Å². The Hall–Kier alpha value is -0.560. The number of thioether (sulfide) groups is 1. The highest BCUT2D eigenvalue weighted by atomic mass is 32.2. The zero-order valence-electron chi connectivity index (χ0n) is 14.0. The van der Waals surface area contributed by atoms with Gasteiger partial charge in [-0.2, -0.15) is 11.8 Å². The molecule has 9 heteroatoms. The van der Waals surface area contributed by atoms with E-state index < -0.39 is 7.60 Å². The number of amides is 2. The SMILES string of the molecule is CSCCC(=O)NCCC(=O)NCCCCCCOP(C)(=O)[O-]. The molecule has 23 heavy (non-hydrogen) atoms. The van der Waals surface area contributed by atoms with E-state index in [1.54, 1.807) is 11.8 Å². The van der Waals surface area contributed by atoms with Gasteiger partial charge in [-0.25, -0.2) is 0 Å². The van der Waals surface area contributed by atoms with Crippen LogP contribution in [0.2, 0.25) is 0 Å². The van der Waals surface area contributed by atoms with Crippen molar-refractivity contribution in [3.05, 3.63) is 0 Å². The van der Waals surface area contributed by atoms with Gasteiger partial charge in [0.05, 0.1) is 6.61 Å². The van der Waals surface area contributed by atoms with Crippen LogP contribution in [0.3, 0.4) is 0 Å². The Bertz CT molecular complexity index is 389. The maximum Gasteiger partial charge on any atom is 0.221 e. The molecule has 0 fully saturated rings. The summed E-state index contributed by atoms with van der Waals surface area (Å²) in [5.41, 5.74) is 0. The summed E-state index contributed by atoms with van der Waals surface area (Å²) in [6.45, 7) is 2.24. The first-order chi connectivity index (χ1) is 10.8. The lowest BCUT2D eigenvalue weighted by molar-refractivity contribution is -0.196. The van der Waals surface area contributed by atoms with Crippen molar-refractivity contribution in [2.75, 3.05) is 38.4 Å². The van der Waals surface area contributed by atoms with Crippen LogP contribution in [0.25, 0.3) is 0 Å². The average Bonchev–Trinajstić information content (AvgIpc) is 2.46. The van der Waals surface area contributed by atoms with Crippen molar-refractivity contribution in [2.24, 2.45) is 0 Å². The molecule has 0 saturated carbocycles. The molecule has 0 spiro atoms. The quantitative estimate of drug-likeness (QED) is 0.352. The highest BCUT2D eigenvalue weighted by Crippen LogP contribution is 2.30. The topological polar surface area (TPSA) is 108 Å². The Morgan fingerprint density at radius 1 is 1.04 bits per heavy atom. The maximum absolute atomic E-state index is 11.5. The van der Waals surface area contributed by atoms with E-state index in [0.29, 0.717) is 25.9 Å². The van der Waals surface area contributed by atoms with E-state index in [0.717, 1.165) is 31.7 Å². The molecule has 0 radical (unpaired) electrons. The summed E-state index contributed by atoms with van der Waals surface area (Å²) in [5, 5.41) is 5.50. The summed E-state index contributed by atoms with van der Waals surface area (Å²) < 4.78 is 15.4. The maximum atomic E-state index is 11.5. The number of carbonyl (C=O) groups is 2. The van der Waals surface area contributed by atoms with E-state index >= 15 is 0 Å². The number of nitrogens with one attached hydrogen (secondary N) is 2. The van der Waals surface area contributed by atoms with Gasteiger partial charge >= 0.3 is 0 Å². The van der Waals surface area contributed by atoms with Gasteiger partial charge in [0.1, 0.15) is 7.60 Å². The fourth-order valence-corrected chi connectivity index (χ4v) is 2.58. The summed E-state index contributed by atoms with van der Waals surface area (Å²) in [6.07, 6.45) is 6.01. The summed E-state index contributed by atoms with van der Waals surface area (Å²) in [4.78, 5) is 33.6. The lowest BCUT2D eigenvalue weighted by Crippen LogP contribution is -2.31. The van der Waals surface area contributed by atoms with Crippen molar-refractivity contribution in [3.8, 4) is 0 Å². The largest absolute Gasteiger partial charge is 0.779 e. The molecule has 2 amide bonds. The van der Waals surface area contributed by atoms with Crippen LogP contribution >= 0.6 is 19.4 Å². The molecular weight excluding hydrogens is 339 g/mol. The molecule has 0 aliphatic carbocycles. The van der Waals surface area contributed by atoms with Gasteiger partial charge in [0.15, 0.2) is 0 Å². The molecule has 0 aromatic carbocycles. The number of hydrogen-bond donors (Lipinski definition) is 2. The summed E-state index contributed by atoms with van der Waals surface area (Å²) in [6, 6.07) is 0. The first kappa shape index (κ1) is 22.4. The smallest absolute Gasteiger partial charge is 0.221 e. The van der Waals surface area contributed by atoms with Gasteiger partial charge in [0.25, 0.3) is 0 Å². The predicted octanol–water partition coefficient (Wildman–Crippen LogP) is 1.12. The van der Waals surface area contributed by atoms with Gasteiger partial charge in [-0.05, 0) is 19.1 Å². The van der Waals surface area contributed by atoms with E-state index in [4.69, 9.17) is 0 Å². The van der Waals surface area contributed by atoms with Crippen LogP contribution < -0.4 is 15.5 Å². The standard InChI is InChI=1S/C14H29N2O5PS/c1-22(19,20)21-11-6-4-3-5-9-15-13(17)7-10-16-14(18)8-12-23-2/h3-12H2,1-2H3,(H,15,17)(H,16,18)(H,19,20)/p-1. The van der Waals surface area contributed by atoms with Crippen LogP contribution in [0, 0.1) is 0 Å². The van der Waals surface area contributed by atoms with Gasteiger partial charge in [0.2, 0.25) is 11.8 Å². The third-order valence-corrected chi connectivity index (χ3v) is 4.19. The number of rotatable bonds is 14. The second kappa shape index (κ2) is 13.8. The minimum Gasteiger partial charge on any atom is -0.779 e.